The molecule has 0 bridgehead atoms. The molecule has 0 saturated carbocycles. The van der Waals surface area contributed by atoms with E-state index in [1.807, 2.05) is 29.2 Å². The number of esters is 1. The molecule has 1 unspecified atom stereocenters. The molecule has 0 saturated heterocycles. The average molecular weight is 560 g/mol. The number of phosphoric ester groups is 1. The predicted octanol–water partition coefficient (Wildman–Crippen LogP) is 6.77. The Morgan fingerprint density at radius 1 is 1.14 bits per heavy atom. The lowest BCUT2D eigenvalue weighted by atomic mass is 10.0. The zero-order valence-corrected chi connectivity index (χ0v) is 24.3. The van der Waals surface area contributed by atoms with Gasteiger partial charge in [-0.25, -0.2) is 13.9 Å². The summed E-state index contributed by atoms with van der Waals surface area (Å²) < 4.78 is 40.8. The number of carbonyl (C=O) groups is 1. The van der Waals surface area contributed by atoms with Gasteiger partial charge in [0.05, 0.1) is 18.3 Å². The van der Waals surface area contributed by atoms with E-state index in [2.05, 4.69) is 0 Å². The van der Waals surface area contributed by atoms with E-state index in [1.54, 1.807) is 47.6 Å². The van der Waals surface area contributed by atoms with Gasteiger partial charge < -0.3 is 9.47 Å². The van der Waals surface area contributed by atoms with Gasteiger partial charge in [-0.1, -0.05) is 29.8 Å². The number of phosphoric acid groups is 1. The Bertz CT molecular complexity index is 1090. The van der Waals surface area contributed by atoms with Crippen molar-refractivity contribution in [3.05, 3.63) is 51.4 Å². The SMILES string of the molecule is COC(=O)C(c1ccccc1Cl)N1CCc2sc(OCOP(=O)(OC(C)(C)C)OC(C)(C)C)cc2C1. The first-order chi connectivity index (χ1) is 16.7. The Hall–Kier alpha value is -1.45. The van der Waals surface area contributed by atoms with Crippen LogP contribution < -0.4 is 4.74 Å². The summed E-state index contributed by atoms with van der Waals surface area (Å²) in [5, 5.41) is 1.14. The summed E-state index contributed by atoms with van der Waals surface area (Å²) >= 11 is 7.90. The monoisotopic (exact) mass is 559 g/mol. The molecule has 1 atom stereocenters. The van der Waals surface area contributed by atoms with E-state index < -0.39 is 25.1 Å². The molecule has 0 radical (unpaired) electrons. The summed E-state index contributed by atoms with van der Waals surface area (Å²) in [5.74, 6) is -0.361. The van der Waals surface area contributed by atoms with Crippen molar-refractivity contribution in [3.63, 3.8) is 0 Å². The van der Waals surface area contributed by atoms with Crippen molar-refractivity contribution in [2.75, 3.05) is 20.4 Å². The van der Waals surface area contributed by atoms with Crippen LogP contribution in [0.3, 0.4) is 0 Å². The van der Waals surface area contributed by atoms with Crippen molar-refractivity contribution < 1.29 is 32.4 Å². The number of hydrogen-bond donors (Lipinski definition) is 0. The van der Waals surface area contributed by atoms with Crippen molar-refractivity contribution in [1.29, 1.82) is 0 Å². The lowest BCUT2D eigenvalue weighted by Crippen LogP contribution is -2.38. The number of methoxy groups -OCH3 is 1. The zero-order valence-electron chi connectivity index (χ0n) is 21.8. The third kappa shape index (κ3) is 8.02. The first kappa shape index (κ1) is 29.1. The molecular weight excluding hydrogens is 525 g/mol. The Balaban J connectivity index is 1.70. The van der Waals surface area contributed by atoms with Gasteiger partial charge in [0.25, 0.3) is 0 Å². The molecule has 2 aromatic rings. The standard InChI is InChI=1S/C25H35ClNO7PS/c1-24(2,3)33-35(29,34-25(4,5)6)32-16-31-21-14-17-15-27(13-12-20(17)36-21)22(23(28)30-7)18-10-8-9-11-19(18)26/h8-11,14,22H,12-13,15-16H2,1-7H3. The van der Waals surface area contributed by atoms with Crippen molar-refractivity contribution in [3.8, 4) is 5.06 Å². The molecule has 0 N–H and O–H groups in total. The second-order valence-electron chi connectivity index (χ2n) is 10.4. The number of thiophene rings is 1. The largest absolute Gasteiger partial charge is 0.478 e. The van der Waals surface area contributed by atoms with Gasteiger partial charge in [-0.2, -0.15) is 0 Å². The molecule has 1 aromatic carbocycles. The summed E-state index contributed by atoms with van der Waals surface area (Å²) in [6.45, 7) is 11.5. The lowest BCUT2D eigenvalue weighted by Gasteiger charge is -2.33. The summed E-state index contributed by atoms with van der Waals surface area (Å²) in [5.41, 5.74) is 0.291. The Morgan fingerprint density at radius 3 is 2.36 bits per heavy atom. The van der Waals surface area contributed by atoms with E-state index in [9.17, 15) is 9.36 Å². The highest BCUT2D eigenvalue weighted by Crippen LogP contribution is 2.55. The second-order valence-corrected chi connectivity index (χ2v) is 13.5. The van der Waals surface area contributed by atoms with Gasteiger partial charge in [0.15, 0.2) is 5.06 Å². The molecule has 8 nitrogen and oxygen atoms in total. The minimum Gasteiger partial charge on any atom is -0.468 e. The van der Waals surface area contributed by atoms with E-state index >= 15 is 0 Å². The maximum absolute atomic E-state index is 13.2. The fourth-order valence-electron chi connectivity index (χ4n) is 3.79. The molecule has 11 heteroatoms. The molecule has 1 aliphatic rings. The minimum atomic E-state index is -3.87. The highest BCUT2D eigenvalue weighted by atomic mass is 35.5. The molecule has 1 aliphatic heterocycles. The van der Waals surface area contributed by atoms with E-state index in [1.165, 1.54) is 18.4 Å². The van der Waals surface area contributed by atoms with Crippen molar-refractivity contribution in [2.45, 2.75) is 71.8 Å². The fourth-order valence-corrected chi connectivity index (χ4v) is 6.70. The number of fused-ring (bicyclic) bond motifs is 1. The quantitative estimate of drug-likeness (QED) is 0.189. The first-order valence-corrected chi connectivity index (χ1v) is 14.3. The molecule has 1 aromatic heterocycles. The van der Waals surface area contributed by atoms with Gasteiger partial charge >= 0.3 is 13.8 Å². The summed E-state index contributed by atoms with van der Waals surface area (Å²) in [7, 11) is -2.50. The Kier molecular flexibility index (Phi) is 9.31. The maximum atomic E-state index is 13.2. The molecule has 0 fully saturated rings. The normalized spacial score (nSPS) is 15.9. The van der Waals surface area contributed by atoms with E-state index in [0.717, 1.165) is 16.9 Å². The van der Waals surface area contributed by atoms with Crippen LogP contribution in [0.1, 0.15) is 63.6 Å². The van der Waals surface area contributed by atoms with Crippen LogP contribution in [0.15, 0.2) is 30.3 Å². The van der Waals surface area contributed by atoms with Crippen molar-refractivity contribution >= 4 is 36.7 Å². The zero-order chi connectivity index (χ0) is 26.7. The van der Waals surface area contributed by atoms with Crippen LogP contribution in [0.2, 0.25) is 5.02 Å². The topological polar surface area (TPSA) is 83.5 Å². The summed E-state index contributed by atoms with van der Waals surface area (Å²) in [6.07, 6.45) is 0.737. The number of ether oxygens (including phenoxy) is 2. The van der Waals surface area contributed by atoms with Gasteiger partial charge in [0.1, 0.15) is 6.04 Å². The summed E-state index contributed by atoms with van der Waals surface area (Å²) in [4.78, 5) is 15.9. The fraction of sp³-hybridized carbons (Fsp3) is 0.560. The van der Waals surface area contributed by atoms with Gasteiger partial charge in [0, 0.05) is 23.0 Å². The van der Waals surface area contributed by atoms with Crippen molar-refractivity contribution in [2.24, 2.45) is 0 Å². The minimum absolute atomic E-state index is 0.295. The number of carbonyl (C=O) groups excluding carboxylic acids is 1. The highest BCUT2D eigenvalue weighted by molar-refractivity contribution is 7.48. The number of nitrogens with zero attached hydrogens (tertiary/aromatic N) is 1. The molecular formula is C25H35ClNO7PS. The third-order valence-electron chi connectivity index (χ3n) is 5.05. The highest BCUT2D eigenvalue weighted by Gasteiger charge is 2.38. The van der Waals surface area contributed by atoms with E-state index in [0.29, 0.717) is 28.7 Å². The number of benzene rings is 1. The second kappa shape index (κ2) is 11.5. The lowest BCUT2D eigenvalue weighted by molar-refractivity contribution is -0.147. The molecule has 2 heterocycles. The van der Waals surface area contributed by atoms with Gasteiger partial charge in [-0.05, 0) is 71.2 Å². The van der Waals surface area contributed by atoms with Crippen LogP contribution in [-0.4, -0.2) is 42.5 Å². The van der Waals surface area contributed by atoms with Crippen molar-refractivity contribution in [1.82, 2.24) is 4.90 Å². The van der Waals surface area contributed by atoms with Crippen LogP contribution in [0.5, 0.6) is 5.06 Å². The molecule has 36 heavy (non-hydrogen) atoms. The van der Waals surface area contributed by atoms with Crippen LogP contribution in [0.25, 0.3) is 0 Å². The van der Waals surface area contributed by atoms with Crippen LogP contribution in [0.4, 0.5) is 0 Å². The number of hydrogen-bond acceptors (Lipinski definition) is 9. The van der Waals surface area contributed by atoms with E-state index in [4.69, 9.17) is 34.6 Å². The Morgan fingerprint density at radius 2 is 1.78 bits per heavy atom. The average Bonchev–Trinajstić information content (AvgIpc) is 3.14. The Labute approximate surface area is 222 Å². The molecule has 0 aliphatic carbocycles. The maximum Gasteiger partial charge on any atom is 0.478 e. The van der Waals surface area contributed by atoms with Gasteiger partial charge in [-0.15, -0.1) is 11.3 Å². The smallest absolute Gasteiger partial charge is 0.468 e. The van der Waals surface area contributed by atoms with Gasteiger partial charge in [0.2, 0.25) is 6.79 Å². The van der Waals surface area contributed by atoms with Gasteiger partial charge in [-0.3, -0.25) is 13.9 Å². The number of halogens is 1. The van der Waals surface area contributed by atoms with E-state index in [-0.39, 0.29) is 12.8 Å². The van der Waals surface area contributed by atoms with Crippen LogP contribution in [0, 0.1) is 0 Å². The number of rotatable bonds is 9. The molecule has 200 valence electrons. The van der Waals surface area contributed by atoms with Crippen LogP contribution in [-0.2, 0) is 40.6 Å². The first-order valence-electron chi connectivity index (χ1n) is 11.7. The third-order valence-corrected chi connectivity index (χ3v) is 8.50. The molecule has 0 spiro atoms. The predicted molar refractivity (Wildman–Crippen MR) is 141 cm³/mol. The molecule has 0 amide bonds. The molecule has 3 rings (SSSR count). The summed E-state index contributed by atoms with van der Waals surface area (Å²) in [6, 6.07) is 8.60. The van der Waals surface area contributed by atoms with Crippen LogP contribution >= 0.6 is 30.8 Å².